The third kappa shape index (κ3) is 9.41. The SMILES string of the molecule is CCCCN(OC(=O)CCC)C(=O)C(CC(=O)NCC1CCCN(C(=N)N)C1)NS(=O)(=O)c1ccc2ccccc2c1. The highest BCUT2D eigenvalue weighted by molar-refractivity contribution is 7.89. The van der Waals surface area contributed by atoms with Gasteiger partial charge in [0.1, 0.15) is 6.04 Å². The number of amides is 2. The average Bonchev–Trinajstić information content (AvgIpc) is 2.97. The monoisotopic (exact) mass is 602 g/mol. The molecule has 1 heterocycles. The van der Waals surface area contributed by atoms with E-state index in [1.807, 2.05) is 19.1 Å². The average molecular weight is 603 g/mol. The van der Waals surface area contributed by atoms with Crippen LogP contribution in [0.1, 0.15) is 58.8 Å². The number of nitrogens with one attached hydrogen (secondary N) is 3. The van der Waals surface area contributed by atoms with Gasteiger partial charge in [0.25, 0.3) is 5.91 Å². The molecular weight excluding hydrogens is 560 g/mol. The first-order chi connectivity index (χ1) is 20.0. The summed E-state index contributed by atoms with van der Waals surface area (Å²) in [6.45, 7) is 5.24. The lowest BCUT2D eigenvalue weighted by Gasteiger charge is -2.33. The van der Waals surface area contributed by atoms with Crippen LogP contribution < -0.4 is 15.8 Å². The van der Waals surface area contributed by atoms with Crippen molar-refractivity contribution in [3.05, 3.63) is 42.5 Å². The molecule has 1 aliphatic rings. The first-order valence-electron chi connectivity index (χ1n) is 14.4. The number of likely N-dealkylation sites (tertiary alicyclic amines) is 1. The maximum atomic E-state index is 13.7. The van der Waals surface area contributed by atoms with Crippen LogP contribution in [0.5, 0.6) is 0 Å². The number of piperidine rings is 1. The third-order valence-electron chi connectivity index (χ3n) is 7.09. The van der Waals surface area contributed by atoms with Gasteiger partial charge in [-0.1, -0.05) is 50.6 Å². The Balaban J connectivity index is 1.81. The number of nitrogens with zero attached hydrogens (tertiary/aromatic N) is 2. The molecule has 13 heteroatoms. The van der Waals surface area contributed by atoms with Crippen LogP contribution in [0.2, 0.25) is 0 Å². The first kappa shape index (κ1) is 32.8. The maximum absolute atomic E-state index is 13.7. The Hall–Kier alpha value is -3.71. The van der Waals surface area contributed by atoms with Gasteiger partial charge in [-0.2, -0.15) is 9.79 Å². The number of guanidine groups is 1. The van der Waals surface area contributed by atoms with Gasteiger partial charge >= 0.3 is 5.97 Å². The van der Waals surface area contributed by atoms with Gasteiger partial charge in [-0.3, -0.25) is 15.0 Å². The van der Waals surface area contributed by atoms with Crippen LogP contribution in [0.15, 0.2) is 47.4 Å². The number of hydrogen-bond acceptors (Lipinski definition) is 7. The van der Waals surface area contributed by atoms with E-state index in [-0.39, 0.29) is 36.3 Å². The molecule has 2 unspecified atom stereocenters. The Morgan fingerprint density at radius 1 is 1.14 bits per heavy atom. The number of nitrogens with two attached hydrogens (primary N) is 1. The van der Waals surface area contributed by atoms with Crippen molar-refractivity contribution < 1.29 is 27.6 Å². The van der Waals surface area contributed by atoms with Crippen molar-refractivity contribution in [3.8, 4) is 0 Å². The highest BCUT2D eigenvalue weighted by Crippen LogP contribution is 2.20. The number of carbonyl (C=O) groups excluding carboxylic acids is 3. The Kier molecular flexibility index (Phi) is 12.1. The Morgan fingerprint density at radius 3 is 2.57 bits per heavy atom. The zero-order chi connectivity index (χ0) is 30.7. The summed E-state index contributed by atoms with van der Waals surface area (Å²) < 4.78 is 29.4. The number of hydroxylamine groups is 2. The molecule has 2 aromatic carbocycles. The molecule has 5 N–H and O–H groups in total. The van der Waals surface area contributed by atoms with Crippen LogP contribution in [0.25, 0.3) is 10.8 Å². The molecule has 1 fully saturated rings. The summed E-state index contributed by atoms with van der Waals surface area (Å²) in [5.74, 6) is -1.96. The van der Waals surface area contributed by atoms with Crippen LogP contribution in [-0.2, 0) is 29.2 Å². The number of benzene rings is 2. The van der Waals surface area contributed by atoms with E-state index in [0.717, 1.165) is 23.3 Å². The largest absolute Gasteiger partial charge is 0.370 e. The molecule has 0 bridgehead atoms. The smallest absolute Gasteiger partial charge is 0.332 e. The highest BCUT2D eigenvalue weighted by Gasteiger charge is 2.33. The van der Waals surface area contributed by atoms with Crippen LogP contribution in [-0.4, -0.2) is 74.3 Å². The quantitative estimate of drug-likeness (QED) is 0.154. The second-order valence-electron chi connectivity index (χ2n) is 10.5. The minimum absolute atomic E-state index is 0.0235. The Morgan fingerprint density at radius 2 is 1.88 bits per heavy atom. The maximum Gasteiger partial charge on any atom is 0.332 e. The lowest BCUT2D eigenvalue weighted by Crippen LogP contribution is -2.51. The predicted octanol–water partition coefficient (Wildman–Crippen LogP) is 2.49. The minimum atomic E-state index is -4.25. The molecule has 230 valence electrons. The number of unbranched alkanes of at least 4 members (excludes halogenated alkanes) is 1. The zero-order valence-electron chi connectivity index (χ0n) is 24.3. The van der Waals surface area contributed by atoms with Crippen molar-refractivity contribution >= 4 is 44.5 Å². The predicted molar refractivity (Wildman–Crippen MR) is 160 cm³/mol. The van der Waals surface area contributed by atoms with E-state index in [9.17, 15) is 22.8 Å². The Bertz CT molecular complexity index is 1370. The second kappa shape index (κ2) is 15.5. The number of carbonyl (C=O) groups is 3. The fraction of sp³-hybridized carbons (Fsp3) is 0.517. The van der Waals surface area contributed by atoms with Crippen molar-refractivity contribution in [3.63, 3.8) is 0 Å². The molecule has 0 aliphatic carbocycles. The molecule has 2 aromatic rings. The van der Waals surface area contributed by atoms with E-state index < -0.39 is 40.3 Å². The van der Waals surface area contributed by atoms with E-state index in [1.54, 1.807) is 30.0 Å². The molecule has 0 saturated carbocycles. The molecule has 0 spiro atoms. The van der Waals surface area contributed by atoms with Crippen LogP contribution in [0.4, 0.5) is 0 Å². The van der Waals surface area contributed by atoms with Crippen LogP contribution >= 0.6 is 0 Å². The summed E-state index contributed by atoms with van der Waals surface area (Å²) in [4.78, 5) is 46.0. The summed E-state index contributed by atoms with van der Waals surface area (Å²) in [6, 6.07) is 10.4. The van der Waals surface area contributed by atoms with E-state index in [4.69, 9.17) is 16.0 Å². The summed E-state index contributed by atoms with van der Waals surface area (Å²) in [5, 5.41) is 12.9. The molecular formula is C29H42N6O6S. The van der Waals surface area contributed by atoms with Gasteiger partial charge in [0.15, 0.2) is 5.96 Å². The lowest BCUT2D eigenvalue weighted by atomic mass is 9.98. The topological polar surface area (TPSA) is 175 Å². The fourth-order valence-electron chi connectivity index (χ4n) is 4.78. The fourth-order valence-corrected chi connectivity index (χ4v) is 6.01. The van der Waals surface area contributed by atoms with E-state index in [0.29, 0.717) is 37.7 Å². The van der Waals surface area contributed by atoms with Gasteiger partial charge < -0.3 is 20.8 Å². The summed E-state index contributed by atoms with van der Waals surface area (Å²) in [6.07, 6.45) is 2.96. The van der Waals surface area contributed by atoms with Crippen molar-refractivity contribution in [2.75, 3.05) is 26.2 Å². The number of hydrogen-bond donors (Lipinski definition) is 4. The first-order valence-corrected chi connectivity index (χ1v) is 15.9. The summed E-state index contributed by atoms with van der Waals surface area (Å²) in [5.41, 5.74) is 5.62. The lowest BCUT2D eigenvalue weighted by molar-refractivity contribution is -0.199. The van der Waals surface area contributed by atoms with Crippen molar-refractivity contribution in [1.82, 2.24) is 20.0 Å². The number of fused-ring (bicyclic) bond motifs is 1. The summed E-state index contributed by atoms with van der Waals surface area (Å²) in [7, 11) is -4.25. The van der Waals surface area contributed by atoms with Crippen molar-refractivity contribution in [2.45, 2.75) is 69.7 Å². The molecule has 0 radical (unpaired) electrons. The van der Waals surface area contributed by atoms with Crippen molar-refractivity contribution in [1.29, 1.82) is 5.41 Å². The zero-order valence-corrected chi connectivity index (χ0v) is 25.1. The van der Waals surface area contributed by atoms with Crippen molar-refractivity contribution in [2.24, 2.45) is 11.7 Å². The second-order valence-corrected chi connectivity index (χ2v) is 12.3. The van der Waals surface area contributed by atoms with Gasteiger partial charge in [0.05, 0.1) is 17.9 Å². The van der Waals surface area contributed by atoms with Gasteiger partial charge in [-0.25, -0.2) is 13.2 Å². The van der Waals surface area contributed by atoms with Crippen LogP contribution in [0.3, 0.4) is 0 Å². The highest BCUT2D eigenvalue weighted by atomic mass is 32.2. The van der Waals surface area contributed by atoms with Gasteiger partial charge in [-0.05, 0) is 54.5 Å². The standard InChI is InChI=1S/C29H42N6O6S/c1-3-5-16-35(41-27(37)9-4-2)28(38)25(18-26(36)32-19-21-10-8-15-34(20-21)29(30)31)33-42(39,40)24-14-13-22-11-6-7-12-23(22)17-24/h6-7,11-14,17,21,25,33H,3-5,8-10,15-16,18-20H2,1-2H3,(H3,30,31)(H,32,36). The molecule has 3 rings (SSSR count). The summed E-state index contributed by atoms with van der Waals surface area (Å²) >= 11 is 0. The molecule has 42 heavy (non-hydrogen) atoms. The van der Waals surface area contributed by atoms with E-state index in [1.165, 1.54) is 12.1 Å². The molecule has 0 aromatic heterocycles. The van der Waals surface area contributed by atoms with Gasteiger partial charge in [0, 0.05) is 26.1 Å². The minimum Gasteiger partial charge on any atom is -0.370 e. The van der Waals surface area contributed by atoms with E-state index >= 15 is 0 Å². The van der Waals surface area contributed by atoms with E-state index in [2.05, 4.69) is 10.0 Å². The molecule has 1 saturated heterocycles. The number of rotatable bonds is 13. The van der Waals surface area contributed by atoms with Crippen LogP contribution in [0, 0.1) is 11.3 Å². The molecule has 12 nitrogen and oxygen atoms in total. The van der Waals surface area contributed by atoms with Gasteiger partial charge in [-0.15, -0.1) is 0 Å². The van der Waals surface area contributed by atoms with Gasteiger partial charge in [0.2, 0.25) is 15.9 Å². The third-order valence-corrected chi connectivity index (χ3v) is 8.56. The molecule has 2 atom stereocenters. The Labute approximate surface area is 247 Å². The number of sulfonamides is 1. The molecule has 1 aliphatic heterocycles. The normalized spacial score (nSPS) is 16.0. The molecule has 2 amide bonds.